The summed E-state index contributed by atoms with van der Waals surface area (Å²) < 4.78 is 2.64. The maximum absolute atomic E-state index is 12.4. The first-order chi connectivity index (χ1) is 9.58. The number of hydrogen-bond acceptors (Lipinski definition) is 4. The summed E-state index contributed by atoms with van der Waals surface area (Å²) in [5.74, 6) is 0.481. The van der Waals surface area contributed by atoms with E-state index in [1.165, 1.54) is 9.13 Å². The third-order valence-corrected chi connectivity index (χ3v) is 3.38. The molecule has 6 heteroatoms. The summed E-state index contributed by atoms with van der Waals surface area (Å²) >= 11 is 0. The van der Waals surface area contributed by atoms with Gasteiger partial charge in [-0.2, -0.15) is 0 Å². The normalized spacial score (nSPS) is 13.2. The minimum absolute atomic E-state index is 0.179. The second-order valence-electron chi connectivity index (χ2n) is 4.88. The molecule has 20 heavy (non-hydrogen) atoms. The van der Waals surface area contributed by atoms with Gasteiger partial charge >= 0.3 is 5.69 Å². The van der Waals surface area contributed by atoms with Crippen LogP contribution in [0.25, 0.3) is 0 Å². The van der Waals surface area contributed by atoms with Crippen LogP contribution in [-0.4, -0.2) is 19.8 Å². The monoisotopic (exact) mass is 270 g/mol. The van der Waals surface area contributed by atoms with Crippen molar-refractivity contribution < 1.29 is 0 Å². The summed E-state index contributed by atoms with van der Waals surface area (Å²) in [4.78, 5) is 33.2. The SMILES string of the molecule is CC1=Nc2c(c(=O)n(Cc3ccccn3)c(=O)n2C)C1. The number of rotatable bonds is 2. The molecule has 3 rings (SSSR count). The van der Waals surface area contributed by atoms with Gasteiger partial charge in [0.2, 0.25) is 0 Å². The molecule has 0 amide bonds. The van der Waals surface area contributed by atoms with Crippen molar-refractivity contribution in [1.82, 2.24) is 14.1 Å². The summed E-state index contributed by atoms with van der Waals surface area (Å²) in [5.41, 5.74) is 1.48. The number of fused-ring (bicyclic) bond motifs is 1. The maximum atomic E-state index is 12.4. The van der Waals surface area contributed by atoms with E-state index < -0.39 is 0 Å². The van der Waals surface area contributed by atoms with Gasteiger partial charge in [0.15, 0.2) is 0 Å². The van der Waals surface area contributed by atoms with Gasteiger partial charge in [-0.05, 0) is 19.1 Å². The molecule has 0 fully saturated rings. The van der Waals surface area contributed by atoms with E-state index in [0.717, 1.165) is 5.71 Å². The second kappa shape index (κ2) is 4.56. The minimum atomic E-state index is -0.363. The number of nitrogens with zero attached hydrogens (tertiary/aromatic N) is 4. The molecular formula is C14H14N4O2. The highest BCUT2D eigenvalue weighted by Gasteiger charge is 2.22. The molecule has 0 spiro atoms. The van der Waals surface area contributed by atoms with Crippen molar-refractivity contribution in [1.29, 1.82) is 0 Å². The van der Waals surface area contributed by atoms with E-state index in [2.05, 4.69) is 9.98 Å². The van der Waals surface area contributed by atoms with Crippen molar-refractivity contribution in [3.05, 3.63) is 56.5 Å². The highest BCUT2D eigenvalue weighted by molar-refractivity contribution is 5.91. The lowest BCUT2D eigenvalue weighted by Gasteiger charge is -2.10. The van der Waals surface area contributed by atoms with Gasteiger partial charge in [0.25, 0.3) is 5.56 Å². The number of pyridine rings is 1. The third kappa shape index (κ3) is 1.89. The molecule has 0 aromatic carbocycles. The molecule has 0 saturated heterocycles. The van der Waals surface area contributed by atoms with Gasteiger partial charge in [0.05, 0.1) is 17.8 Å². The largest absolute Gasteiger partial charge is 0.332 e. The minimum Gasteiger partial charge on any atom is -0.281 e. The Morgan fingerprint density at radius 3 is 2.80 bits per heavy atom. The Balaban J connectivity index is 2.16. The first-order valence-electron chi connectivity index (χ1n) is 6.34. The van der Waals surface area contributed by atoms with Crippen molar-refractivity contribution in [2.75, 3.05) is 0 Å². The molecule has 102 valence electrons. The lowest BCUT2D eigenvalue weighted by atomic mass is 10.2. The van der Waals surface area contributed by atoms with E-state index in [0.29, 0.717) is 23.5 Å². The molecule has 3 heterocycles. The third-order valence-electron chi connectivity index (χ3n) is 3.38. The van der Waals surface area contributed by atoms with Gasteiger partial charge in [0, 0.05) is 25.4 Å². The van der Waals surface area contributed by atoms with Crippen LogP contribution in [0.15, 0.2) is 39.0 Å². The van der Waals surface area contributed by atoms with Crippen LogP contribution >= 0.6 is 0 Å². The Hall–Kier alpha value is -2.50. The van der Waals surface area contributed by atoms with Gasteiger partial charge in [0.1, 0.15) is 5.82 Å². The zero-order chi connectivity index (χ0) is 14.3. The molecule has 1 aliphatic rings. The molecule has 2 aromatic rings. The van der Waals surface area contributed by atoms with Crippen molar-refractivity contribution in [2.45, 2.75) is 19.9 Å². The lowest BCUT2D eigenvalue weighted by Crippen LogP contribution is -2.40. The van der Waals surface area contributed by atoms with Crippen molar-refractivity contribution in [3.63, 3.8) is 0 Å². The van der Waals surface area contributed by atoms with Crippen LogP contribution < -0.4 is 11.2 Å². The summed E-state index contributed by atoms with van der Waals surface area (Å²) in [6.45, 7) is 2.03. The van der Waals surface area contributed by atoms with E-state index >= 15 is 0 Å². The molecule has 0 N–H and O–H groups in total. The average Bonchev–Trinajstić information content (AvgIpc) is 2.85. The quantitative estimate of drug-likeness (QED) is 0.804. The Kier molecular flexibility index (Phi) is 2.85. The van der Waals surface area contributed by atoms with Crippen LogP contribution in [0, 0.1) is 0 Å². The summed E-state index contributed by atoms with van der Waals surface area (Å²) in [6, 6.07) is 5.42. The summed E-state index contributed by atoms with van der Waals surface area (Å²) in [7, 11) is 1.64. The number of aromatic nitrogens is 3. The fraction of sp³-hybridized carbons (Fsp3) is 0.286. The maximum Gasteiger partial charge on any atom is 0.332 e. The molecule has 0 bridgehead atoms. The van der Waals surface area contributed by atoms with Crippen LogP contribution in [-0.2, 0) is 20.0 Å². The summed E-state index contributed by atoms with van der Waals surface area (Å²) in [6.07, 6.45) is 2.15. The van der Waals surface area contributed by atoms with E-state index in [1.54, 1.807) is 25.4 Å². The Morgan fingerprint density at radius 2 is 2.10 bits per heavy atom. The molecule has 2 aromatic heterocycles. The molecule has 0 saturated carbocycles. The van der Waals surface area contributed by atoms with E-state index in [9.17, 15) is 9.59 Å². The fourth-order valence-electron chi connectivity index (χ4n) is 2.39. The standard InChI is InChI=1S/C14H14N4O2/c1-9-7-11-12(16-9)17(2)14(20)18(13(11)19)8-10-5-3-4-6-15-10/h3-6H,7-8H2,1-2H3. The van der Waals surface area contributed by atoms with E-state index in [1.807, 2.05) is 13.0 Å². The topological polar surface area (TPSA) is 69.2 Å². The van der Waals surface area contributed by atoms with Crippen LogP contribution in [0.1, 0.15) is 18.2 Å². The van der Waals surface area contributed by atoms with Gasteiger partial charge in [-0.25, -0.2) is 9.79 Å². The van der Waals surface area contributed by atoms with Gasteiger partial charge < -0.3 is 0 Å². The second-order valence-corrected chi connectivity index (χ2v) is 4.88. The van der Waals surface area contributed by atoms with E-state index in [-0.39, 0.29) is 17.8 Å². The molecule has 0 radical (unpaired) electrons. The van der Waals surface area contributed by atoms with Crippen molar-refractivity contribution in [2.24, 2.45) is 12.0 Å². The van der Waals surface area contributed by atoms with Crippen LogP contribution in [0.2, 0.25) is 0 Å². The van der Waals surface area contributed by atoms with Gasteiger partial charge in [-0.15, -0.1) is 0 Å². The fourth-order valence-corrected chi connectivity index (χ4v) is 2.39. The number of hydrogen-bond donors (Lipinski definition) is 0. The molecule has 6 nitrogen and oxygen atoms in total. The highest BCUT2D eigenvalue weighted by Crippen LogP contribution is 2.20. The van der Waals surface area contributed by atoms with Crippen LogP contribution in [0.5, 0.6) is 0 Å². The van der Waals surface area contributed by atoms with E-state index in [4.69, 9.17) is 0 Å². The van der Waals surface area contributed by atoms with Crippen molar-refractivity contribution in [3.8, 4) is 0 Å². The Bertz CT molecular complexity index is 816. The van der Waals surface area contributed by atoms with Gasteiger partial charge in [-0.1, -0.05) is 6.07 Å². The molecular weight excluding hydrogens is 256 g/mol. The zero-order valence-electron chi connectivity index (χ0n) is 11.3. The lowest BCUT2D eigenvalue weighted by molar-refractivity contribution is 0.628. The number of aliphatic imine (C=N–C) groups is 1. The average molecular weight is 270 g/mol. The molecule has 0 atom stereocenters. The smallest absolute Gasteiger partial charge is 0.281 e. The Morgan fingerprint density at radius 1 is 1.30 bits per heavy atom. The predicted molar refractivity (Wildman–Crippen MR) is 75.8 cm³/mol. The Labute approximate surface area is 115 Å². The first-order valence-corrected chi connectivity index (χ1v) is 6.34. The zero-order valence-corrected chi connectivity index (χ0v) is 11.3. The first kappa shape index (κ1) is 12.5. The molecule has 1 aliphatic heterocycles. The van der Waals surface area contributed by atoms with Crippen LogP contribution in [0.3, 0.4) is 0 Å². The molecule has 0 unspecified atom stereocenters. The highest BCUT2D eigenvalue weighted by atomic mass is 16.2. The summed E-state index contributed by atoms with van der Waals surface area (Å²) in [5, 5.41) is 0. The predicted octanol–water partition coefficient (Wildman–Crippen LogP) is 0.639. The van der Waals surface area contributed by atoms with Gasteiger partial charge in [-0.3, -0.25) is 18.9 Å². The van der Waals surface area contributed by atoms with Crippen LogP contribution in [0.4, 0.5) is 5.82 Å². The van der Waals surface area contributed by atoms with Crippen molar-refractivity contribution >= 4 is 11.5 Å². The molecule has 0 aliphatic carbocycles.